The number of nitrogens with one attached hydrogen (secondary N) is 1. The Morgan fingerprint density at radius 2 is 1.90 bits per heavy atom. The molecule has 0 aliphatic heterocycles. The van der Waals surface area contributed by atoms with E-state index in [-0.39, 0.29) is 5.41 Å². The largest absolute Gasteiger partial charge is 0.369 e. The van der Waals surface area contributed by atoms with Gasteiger partial charge in [0, 0.05) is 22.6 Å². The first-order chi connectivity index (χ1) is 9.38. The number of halogens is 1. The summed E-state index contributed by atoms with van der Waals surface area (Å²) in [6.07, 6.45) is 1.81. The number of hydrogen-bond donors (Lipinski definition) is 1. The first-order valence-corrected chi connectivity index (χ1v) is 7.61. The summed E-state index contributed by atoms with van der Waals surface area (Å²) in [6, 6.07) is 10.7. The second-order valence-electron chi connectivity index (χ2n) is 5.92. The predicted octanol–water partition coefficient (Wildman–Crippen LogP) is 4.85. The number of anilines is 1. The van der Waals surface area contributed by atoms with Crippen molar-refractivity contribution in [3.05, 3.63) is 57.7 Å². The third kappa shape index (κ3) is 3.60. The van der Waals surface area contributed by atoms with Crippen LogP contribution in [0.5, 0.6) is 0 Å². The second-order valence-corrected chi connectivity index (χ2v) is 6.83. The molecule has 2 nitrogen and oxygen atoms in total. The van der Waals surface area contributed by atoms with Crippen LogP contribution in [0.3, 0.4) is 0 Å². The van der Waals surface area contributed by atoms with E-state index in [1.165, 1.54) is 16.7 Å². The zero-order chi connectivity index (χ0) is 14.8. The Bertz CT molecular complexity index is 588. The predicted molar refractivity (Wildman–Crippen MR) is 89.4 cm³/mol. The SMILES string of the molecule is Cc1ccc(C(C)(C)CNc2ccc(Br)cn2)c(C)c1. The van der Waals surface area contributed by atoms with Crippen molar-refractivity contribution in [3.8, 4) is 0 Å². The molecule has 0 spiro atoms. The average Bonchev–Trinajstić information content (AvgIpc) is 2.37. The van der Waals surface area contributed by atoms with Crippen molar-refractivity contribution in [2.45, 2.75) is 33.1 Å². The molecule has 20 heavy (non-hydrogen) atoms. The fraction of sp³-hybridized carbons (Fsp3) is 0.353. The summed E-state index contributed by atoms with van der Waals surface area (Å²) in [5, 5.41) is 3.42. The van der Waals surface area contributed by atoms with Crippen LogP contribution in [0.1, 0.15) is 30.5 Å². The molecule has 0 radical (unpaired) electrons. The van der Waals surface area contributed by atoms with Crippen LogP contribution in [0.2, 0.25) is 0 Å². The summed E-state index contributed by atoms with van der Waals surface area (Å²) in [6.45, 7) is 9.69. The molecule has 1 aromatic carbocycles. The number of hydrogen-bond acceptors (Lipinski definition) is 2. The van der Waals surface area contributed by atoms with Crippen molar-refractivity contribution in [2.24, 2.45) is 0 Å². The van der Waals surface area contributed by atoms with Crippen LogP contribution < -0.4 is 5.32 Å². The van der Waals surface area contributed by atoms with Gasteiger partial charge >= 0.3 is 0 Å². The van der Waals surface area contributed by atoms with Crippen LogP contribution in [0, 0.1) is 13.8 Å². The molecule has 0 aliphatic rings. The Kier molecular flexibility index (Phi) is 4.48. The molecule has 2 rings (SSSR count). The molecule has 0 atom stereocenters. The summed E-state index contributed by atoms with van der Waals surface area (Å²) in [7, 11) is 0. The van der Waals surface area contributed by atoms with Gasteiger partial charge in [-0.05, 0) is 53.0 Å². The topological polar surface area (TPSA) is 24.9 Å². The Labute approximate surface area is 129 Å². The number of benzene rings is 1. The lowest BCUT2D eigenvalue weighted by Gasteiger charge is -2.28. The zero-order valence-electron chi connectivity index (χ0n) is 12.5. The molecule has 2 aromatic rings. The van der Waals surface area contributed by atoms with Gasteiger partial charge in [0.2, 0.25) is 0 Å². The first-order valence-electron chi connectivity index (χ1n) is 6.82. The van der Waals surface area contributed by atoms with Crippen molar-refractivity contribution in [1.29, 1.82) is 0 Å². The summed E-state index contributed by atoms with van der Waals surface area (Å²) in [5.74, 6) is 0.908. The van der Waals surface area contributed by atoms with E-state index in [9.17, 15) is 0 Å². The molecule has 0 amide bonds. The van der Waals surface area contributed by atoms with Crippen molar-refractivity contribution >= 4 is 21.7 Å². The van der Waals surface area contributed by atoms with Crippen LogP contribution >= 0.6 is 15.9 Å². The molecular weight excluding hydrogens is 312 g/mol. The van der Waals surface area contributed by atoms with E-state index in [0.717, 1.165) is 16.8 Å². The Morgan fingerprint density at radius 3 is 2.50 bits per heavy atom. The minimum atomic E-state index is 0.0620. The molecule has 0 aliphatic carbocycles. The van der Waals surface area contributed by atoms with E-state index in [1.807, 2.05) is 18.3 Å². The smallest absolute Gasteiger partial charge is 0.125 e. The number of pyridine rings is 1. The maximum absolute atomic E-state index is 4.35. The van der Waals surface area contributed by atoms with Gasteiger partial charge < -0.3 is 5.32 Å². The maximum Gasteiger partial charge on any atom is 0.125 e. The molecule has 1 heterocycles. The number of rotatable bonds is 4. The van der Waals surface area contributed by atoms with E-state index in [4.69, 9.17) is 0 Å². The lowest BCUT2D eigenvalue weighted by atomic mass is 9.81. The van der Waals surface area contributed by atoms with Crippen molar-refractivity contribution < 1.29 is 0 Å². The summed E-state index contributed by atoms with van der Waals surface area (Å²) in [4.78, 5) is 4.35. The monoisotopic (exact) mass is 332 g/mol. The minimum absolute atomic E-state index is 0.0620. The molecule has 0 saturated carbocycles. The summed E-state index contributed by atoms with van der Waals surface area (Å²) < 4.78 is 0.997. The van der Waals surface area contributed by atoms with Gasteiger partial charge in [0.05, 0.1) is 0 Å². The quantitative estimate of drug-likeness (QED) is 0.865. The molecule has 0 fully saturated rings. The zero-order valence-corrected chi connectivity index (χ0v) is 14.1. The highest BCUT2D eigenvalue weighted by Crippen LogP contribution is 2.27. The lowest BCUT2D eigenvalue weighted by molar-refractivity contribution is 0.552. The van der Waals surface area contributed by atoms with Crippen LogP contribution in [-0.4, -0.2) is 11.5 Å². The summed E-state index contributed by atoms with van der Waals surface area (Å²) in [5.41, 5.74) is 4.10. The van der Waals surface area contributed by atoms with Gasteiger partial charge in [0.25, 0.3) is 0 Å². The van der Waals surface area contributed by atoms with Gasteiger partial charge in [0.15, 0.2) is 0 Å². The highest BCUT2D eigenvalue weighted by Gasteiger charge is 2.22. The fourth-order valence-electron chi connectivity index (χ4n) is 2.46. The normalized spacial score (nSPS) is 11.4. The van der Waals surface area contributed by atoms with Gasteiger partial charge in [-0.2, -0.15) is 0 Å². The second kappa shape index (κ2) is 5.96. The molecule has 0 saturated heterocycles. The molecule has 0 unspecified atom stereocenters. The Hall–Kier alpha value is -1.35. The molecule has 1 aromatic heterocycles. The van der Waals surface area contributed by atoms with Crippen LogP contribution in [-0.2, 0) is 5.41 Å². The van der Waals surface area contributed by atoms with E-state index in [2.05, 4.69) is 72.1 Å². The number of aromatic nitrogens is 1. The fourth-order valence-corrected chi connectivity index (χ4v) is 2.69. The Morgan fingerprint density at radius 1 is 1.15 bits per heavy atom. The van der Waals surface area contributed by atoms with Gasteiger partial charge in [-0.3, -0.25) is 0 Å². The number of aryl methyl sites for hydroxylation is 2. The third-order valence-electron chi connectivity index (χ3n) is 3.55. The van der Waals surface area contributed by atoms with Gasteiger partial charge in [0.1, 0.15) is 5.82 Å². The molecule has 1 N–H and O–H groups in total. The third-order valence-corrected chi connectivity index (χ3v) is 4.02. The standard InChI is InChI=1S/C17H21BrN2/c1-12-5-7-15(13(2)9-12)17(3,4)11-20-16-8-6-14(18)10-19-16/h5-10H,11H2,1-4H3,(H,19,20). The van der Waals surface area contributed by atoms with E-state index in [0.29, 0.717) is 0 Å². The lowest BCUT2D eigenvalue weighted by Crippen LogP contribution is -2.28. The highest BCUT2D eigenvalue weighted by molar-refractivity contribution is 9.10. The van der Waals surface area contributed by atoms with Gasteiger partial charge in [-0.25, -0.2) is 4.98 Å². The molecule has 0 bridgehead atoms. The highest BCUT2D eigenvalue weighted by atomic mass is 79.9. The summed E-state index contributed by atoms with van der Waals surface area (Å²) >= 11 is 3.40. The van der Waals surface area contributed by atoms with Gasteiger partial charge in [-0.15, -0.1) is 0 Å². The van der Waals surface area contributed by atoms with Crippen molar-refractivity contribution in [2.75, 3.05) is 11.9 Å². The first kappa shape index (κ1) is 15.0. The van der Waals surface area contributed by atoms with Crippen LogP contribution in [0.4, 0.5) is 5.82 Å². The average molecular weight is 333 g/mol. The van der Waals surface area contributed by atoms with Crippen LogP contribution in [0.25, 0.3) is 0 Å². The minimum Gasteiger partial charge on any atom is -0.369 e. The van der Waals surface area contributed by atoms with Crippen molar-refractivity contribution in [3.63, 3.8) is 0 Å². The van der Waals surface area contributed by atoms with E-state index < -0.39 is 0 Å². The maximum atomic E-state index is 4.35. The van der Waals surface area contributed by atoms with Crippen molar-refractivity contribution in [1.82, 2.24) is 4.98 Å². The molecule has 3 heteroatoms. The molecular formula is C17H21BrN2. The van der Waals surface area contributed by atoms with Gasteiger partial charge in [-0.1, -0.05) is 37.6 Å². The molecule has 106 valence electrons. The van der Waals surface area contributed by atoms with Crippen LogP contribution in [0.15, 0.2) is 41.0 Å². The number of nitrogens with zero attached hydrogens (tertiary/aromatic N) is 1. The van der Waals surface area contributed by atoms with E-state index in [1.54, 1.807) is 0 Å². The van der Waals surface area contributed by atoms with E-state index >= 15 is 0 Å². The Balaban J connectivity index is 2.12.